The highest BCUT2D eigenvalue weighted by Gasteiger charge is 2.41. The normalized spacial score (nSPS) is 34.2. The molecule has 0 unspecified atom stereocenters. The molecule has 1 spiro atoms. The third-order valence-electron chi connectivity index (χ3n) is 3.02. The first-order valence-electron chi connectivity index (χ1n) is 4.72. The molecule has 0 aromatic heterocycles. The summed E-state index contributed by atoms with van der Waals surface area (Å²) in [5, 5.41) is 3.35. The summed E-state index contributed by atoms with van der Waals surface area (Å²) in [5.74, 6) is 0. The van der Waals surface area contributed by atoms with Crippen molar-refractivity contribution < 1.29 is 9.47 Å². The van der Waals surface area contributed by atoms with E-state index in [2.05, 4.69) is 5.32 Å². The van der Waals surface area contributed by atoms with E-state index in [-0.39, 0.29) is 5.60 Å². The number of nitrogens with one attached hydrogen (secondary N) is 1. The molecule has 1 atom stereocenters. The van der Waals surface area contributed by atoms with Crippen molar-refractivity contribution in [2.45, 2.75) is 31.0 Å². The maximum atomic E-state index is 5.82. The van der Waals surface area contributed by atoms with E-state index in [9.17, 15) is 0 Å². The summed E-state index contributed by atoms with van der Waals surface area (Å²) in [6.45, 7) is 2.98. The summed E-state index contributed by atoms with van der Waals surface area (Å²) in [4.78, 5) is 0. The predicted octanol–water partition coefficient (Wildman–Crippen LogP) is 0.544. The maximum Gasteiger partial charge on any atom is 0.0832 e. The van der Waals surface area contributed by atoms with Crippen LogP contribution in [0.1, 0.15) is 19.3 Å². The molecule has 2 fully saturated rings. The molecule has 2 rings (SSSR count). The van der Waals surface area contributed by atoms with Gasteiger partial charge in [0, 0.05) is 13.5 Å². The average Bonchev–Trinajstić information content (AvgIpc) is 2.50. The van der Waals surface area contributed by atoms with Crippen molar-refractivity contribution in [2.24, 2.45) is 0 Å². The van der Waals surface area contributed by atoms with Gasteiger partial charge in [-0.2, -0.15) is 0 Å². The van der Waals surface area contributed by atoms with Gasteiger partial charge in [0.1, 0.15) is 0 Å². The van der Waals surface area contributed by atoms with Gasteiger partial charge >= 0.3 is 0 Å². The summed E-state index contributed by atoms with van der Waals surface area (Å²) < 4.78 is 11.1. The number of rotatable bonds is 1. The lowest BCUT2D eigenvalue weighted by molar-refractivity contribution is -0.0218. The van der Waals surface area contributed by atoms with Gasteiger partial charge in [0.15, 0.2) is 0 Å². The van der Waals surface area contributed by atoms with Crippen LogP contribution < -0.4 is 5.32 Å². The smallest absolute Gasteiger partial charge is 0.0832 e. The fourth-order valence-electron chi connectivity index (χ4n) is 2.18. The Balaban J connectivity index is 1.94. The zero-order valence-electron chi connectivity index (χ0n) is 7.64. The fourth-order valence-corrected chi connectivity index (χ4v) is 2.18. The summed E-state index contributed by atoms with van der Waals surface area (Å²) in [6, 6.07) is 0. The second-order valence-electron chi connectivity index (χ2n) is 3.81. The van der Waals surface area contributed by atoms with E-state index in [1.54, 1.807) is 7.11 Å². The number of hydrogen-bond donors (Lipinski definition) is 1. The third-order valence-corrected chi connectivity index (χ3v) is 3.02. The molecule has 12 heavy (non-hydrogen) atoms. The van der Waals surface area contributed by atoms with Crippen LogP contribution in [0.25, 0.3) is 0 Å². The monoisotopic (exact) mass is 171 g/mol. The Labute approximate surface area is 73.4 Å². The average molecular weight is 171 g/mol. The van der Waals surface area contributed by atoms with Crippen molar-refractivity contribution in [3.63, 3.8) is 0 Å². The molecule has 3 nitrogen and oxygen atoms in total. The number of methoxy groups -OCH3 is 1. The molecule has 2 saturated heterocycles. The summed E-state index contributed by atoms with van der Waals surface area (Å²) in [5.41, 5.74) is 0.159. The van der Waals surface area contributed by atoms with Gasteiger partial charge in [0.05, 0.1) is 18.3 Å². The van der Waals surface area contributed by atoms with E-state index in [1.165, 1.54) is 0 Å². The SMILES string of the molecule is CO[C@@H]1COC2(CCNCC2)C1. The van der Waals surface area contributed by atoms with Crippen LogP contribution in [0.4, 0.5) is 0 Å². The van der Waals surface area contributed by atoms with Crippen LogP contribution in [0.2, 0.25) is 0 Å². The highest BCUT2D eigenvalue weighted by atomic mass is 16.6. The Kier molecular flexibility index (Phi) is 2.35. The predicted molar refractivity (Wildman–Crippen MR) is 46.2 cm³/mol. The Morgan fingerprint density at radius 1 is 1.42 bits per heavy atom. The number of piperidine rings is 1. The molecule has 0 bridgehead atoms. The number of hydrogen-bond acceptors (Lipinski definition) is 3. The standard InChI is InChI=1S/C9H17NO2/c1-11-8-6-9(12-7-8)2-4-10-5-3-9/h8,10H,2-7H2,1H3/t8-/m0/s1. The third kappa shape index (κ3) is 1.49. The molecule has 0 amide bonds. The van der Waals surface area contributed by atoms with Gasteiger partial charge in [-0.15, -0.1) is 0 Å². The first kappa shape index (κ1) is 8.48. The summed E-state index contributed by atoms with van der Waals surface area (Å²) in [6.07, 6.45) is 3.72. The molecule has 1 N–H and O–H groups in total. The van der Waals surface area contributed by atoms with Gasteiger partial charge < -0.3 is 14.8 Å². The van der Waals surface area contributed by atoms with Crippen molar-refractivity contribution >= 4 is 0 Å². The van der Waals surface area contributed by atoms with Crippen LogP contribution in [0.3, 0.4) is 0 Å². The van der Waals surface area contributed by atoms with Crippen molar-refractivity contribution in [3.8, 4) is 0 Å². The van der Waals surface area contributed by atoms with E-state index >= 15 is 0 Å². The highest BCUT2D eigenvalue weighted by molar-refractivity contribution is 4.93. The largest absolute Gasteiger partial charge is 0.379 e. The Bertz CT molecular complexity index is 155. The van der Waals surface area contributed by atoms with Gasteiger partial charge in [-0.3, -0.25) is 0 Å². The molecule has 0 aliphatic carbocycles. The Morgan fingerprint density at radius 2 is 2.17 bits per heavy atom. The van der Waals surface area contributed by atoms with Crippen LogP contribution in [0, 0.1) is 0 Å². The second kappa shape index (κ2) is 3.32. The minimum absolute atomic E-state index is 0.159. The summed E-state index contributed by atoms with van der Waals surface area (Å²) in [7, 11) is 1.77. The molecule has 0 radical (unpaired) electrons. The Morgan fingerprint density at radius 3 is 2.75 bits per heavy atom. The Hall–Kier alpha value is -0.120. The van der Waals surface area contributed by atoms with E-state index in [0.29, 0.717) is 6.10 Å². The molecular weight excluding hydrogens is 154 g/mol. The molecule has 3 heteroatoms. The first-order valence-corrected chi connectivity index (χ1v) is 4.72. The summed E-state index contributed by atoms with van der Waals surface area (Å²) >= 11 is 0. The molecule has 0 aromatic rings. The highest BCUT2D eigenvalue weighted by Crippen LogP contribution is 2.34. The van der Waals surface area contributed by atoms with Crippen molar-refractivity contribution in [3.05, 3.63) is 0 Å². The quantitative estimate of drug-likeness (QED) is 0.624. The lowest BCUT2D eigenvalue weighted by atomic mass is 9.89. The van der Waals surface area contributed by atoms with Crippen molar-refractivity contribution in [2.75, 3.05) is 26.8 Å². The maximum absolute atomic E-state index is 5.82. The van der Waals surface area contributed by atoms with Gasteiger partial charge in [0.25, 0.3) is 0 Å². The van der Waals surface area contributed by atoms with Crippen LogP contribution >= 0.6 is 0 Å². The zero-order chi connectivity index (χ0) is 8.44. The molecule has 2 heterocycles. The van der Waals surface area contributed by atoms with Crippen molar-refractivity contribution in [1.29, 1.82) is 0 Å². The minimum atomic E-state index is 0.159. The first-order chi connectivity index (χ1) is 5.85. The molecule has 0 aromatic carbocycles. The molecule has 2 aliphatic rings. The lowest BCUT2D eigenvalue weighted by Crippen LogP contribution is -2.41. The van der Waals surface area contributed by atoms with Gasteiger partial charge in [0.2, 0.25) is 0 Å². The van der Waals surface area contributed by atoms with E-state index in [4.69, 9.17) is 9.47 Å². The topological polar surface area (TPSA) is 30.5 Å². The van der Waals surface area contributed by atoms with Gasteiger partial charge in [-0.1, -0.05) is 0 Å². The number of ether oxygens (including phenoxy) is 2. The zero-order valence-corrected chi connectivity index (χ0v) is 7.64. The van der Waals surface area contributed by atoms with E-state index in [1.807, 2.05) is 0 Å². The molecule has 0 saturated carbocycles. The van der Waals surface area contributed by atoms with E-state index < -0.39 is 0 Å². The minimum Gasteiger partial charge on any atom is -0.379 e. The van der Waals surface area contributed by atoms with Gasteiger partial charge in [-0.25, -0.2) is 0 Å². The molecule has 70 valence electrons. The lowest BCUT2D eigenvalue weighted by Gasteiger charge is -2.32. The fraction of sp³-hybridized carbons (Fsp3) is 1.00. The van der Waals surface area contributed by atoms with Crippen LogP contribution in [0.5, 0.6) is 0 Å². The van der Waals surface area contributed by atoms with Crippen LogP contribution in [0.15, 0.2) is 0 Å². The molecule has 2 aliphatic heterocycles. The van der Waals surface area contributed by atoms with Crippen LogP contribution in [-0.4, -0.2) is 38.5 Å². The molecular formula is C9H17NO2. The second-order valence-corrected chi connectivity index (χ2v) is 3.81. The van der Waals surface area contributed by atoms with Gasteiger partial charge in [-0.05, 0) is 25.9 Å². The van der Waals surface area contributed by atoms with Crippen LogP contribution in [-0.2, 0) is 9.47 Å². The van der Waals surface area contributed by atoms with Crippen molar-refractivity contribution in [1.82, 2.24) is 5.32 Å². The van der Waals surface area contributed by atoms with E-state index in [0.717, 1.165) is 39.0 Å².